The second kappa shape index (κ2) is 11.7. The van der Waals surface area contributed by atoms with Gasteiger partial charge in [0.15, 0.2) is 24.1 Å². The number of fused-ring (bicyclic) bond motifs is 1. The van der Waals surface area contributed by atoms with E-state index in [2.05, 4.69) is 75.1 Å². The molecule has 3 saturated carbocycles. The van der Waals surface area contributed by atoms with Gasteiger partial charge in [0.25, 0.3) is 0 Å². The normalized spacial score (nSPS) is 34.6. The van der Waals surface area contributed by atoms with Crippen molar-refractivity contribution in [3.63, 3.8) is 0 Å². The van der Waals surface area contributed by atoms with Gasteiger partial charge in [0.05, 0.1) is 11.9 Å². The molecule has 2 heterocycles. The number of esters is 1. The molecule has 3 aliphatic rings. The predicted octanol–water partition coefficient (Wildman–Crippen LogP) is 6.51. The monoisotopic (exact) mass is 630 g/mol. The molecule has 0 aliphatic heterocycles. The van der Waals surface area contributed by atoms with Crippen molar-refractivity contribution in [3.8, 4) is 0 Å². The number of aliphatic hydroxyl groups is 1. The first-order chi connectivity index (χ1) is 21.3. The van der Waals surface area contributed by atoms with Gasteiger partial charge in [0.2, 0.25) is 0 Å². The van der Waals surface area contributed by atoms with Gasteiger partial charge in [-0.1, -0.05) is 62.7 Å². The van der Waals surface area contributed by atoms with E-state index in [4.69, 9.17) is 9.72 Å². The number of ketones is 1. The number of aromatic amines is 1. The Hall–Kier alpha value is -2.97. The van der Waals surface area contributed by atoms with Crippen LogP contribution in [0.25, 0.3) is 11.0 Å². The SMILES string of the molecule is C=C[C@]1(C)C[C@@H](OC(=O)CSc2nc3cc[n+](Cc4cc(C)cc(C)c4)cc3[nH]2)[C@]2(C)[C@H](C)CC[C@]3(CCC(=O)[C@H]32)[C@@H](C)[C@@H]1O. The third kappa shape index (κ3) is 5.46. The lowest BCUT2D eigenvalue weighted by Crippen LogP contribution is -2.63. The number of nitrogens with one attached hydrogen (secondary N) is 1. The fourth-order valence-electron chi connectivity index (χ4n) is 9.34. The summed E-state index contributed by atoms with van der Waals surface area (Å²) < 4.78 is 8.54. The number of rotatable bonds is 7. The summed E-state index contributed by atoms with van der Waals surface area (Å²) >= 11 is 1.33. The van der Waals surface area contributed by atoms with Crippen LogP contribution in [0.1, 0.15) is 76.5 Å². The number of hydrogen-bond acceptors (Lipinski definition) is 6. The van der Waals surface area contributed by atoms with Gasteiger partial charge in [-0.05, 0) is 68.9 Å². The van der Waals surface area contributed by atoms with E-state index in [1.807, 2.05) is 25.3 Å². The number of Topliss-reactive ketones (excluding diaryl/α,β-unsaturated/α-hetero) is 1. The molecule has 0 unspecified atom stereocenters. The summed E-state index contributed by atoms with van der Waals surface area (Å²) in [6.45, 7) is 17.6. The molecule has 3 fully saturated rings. The van der Waals surface area contributed by atoms with Crippen molar-refractivity contribution < 1.29 is 24.0 Å². The van der Waals surface area contributed by atoms with Crippen LogP contribution in [0.5, 0.6) is 0 Å². The lowest BCUT2D eigenvalue weighted by molar-refractivity contribution is -0.687. The largest absolute Gasteiger partial charge is 0.461 e. The molecule has 8 atom stereocenters. The Morgan fingerprint density at radius 3 is 2.67 bits per heavy atom. The van der Waals surface area contributed by atoms with Crippen LogP contribution >= 0.6 is 11.8 Å². The first-order valence-corrected chi connectivity index (χ1v) is 17.4. The van der Waals surface area contributed by atoms with E-state index < -0.39 is 23.0 Å². The minimum atomic E-state index is -0.676. The van der Waals surface area contributed by atoms with Gasteiger partial charge in [-0.15, -0.1) is 6.58 Å². The Morgan fingerprint density at radius 2 is 1.96 bits per heavy atom. The van der Waals surface area contributed by atoms with Crippen molar-refractivity contribution in [2.75, 3.05) is 5.75 Å². The quantitative estimate of drug-likeness (QED) is 0.134. The van der Waals surface area contributed by atoms with Gasteiger partial charge in [-0.25, -0.2) is 4.98 Å². The van der Waals surface area contributed by atoms with Gasteiger partial charge >= 0.3 is 5.97 Å². The van der Waals surface area contributed by atoms with Crippen LogP contribution in [-0.4, -0.2) is 44.8 Å². The molecule has 2 bridgehead atoms. The molecule has 1 aromatic carbocycles. The number of carbonyl (C=O) groups excluding carboxylic acids is 2. The highest BCUT2D eigenvalue weighted by molar-refractivity contribution is 7.99. The number of aryl methyl sites for hydroxylation is 2. The van der Waals surface area contributed by atoms with Gasteiger partial charge in [-0.2, -0.15) is 4.57 Å². The third-order valence-corrected chi connectivity index (χ3v) is 12.9. The van der Waals surface area contributed by atoms with Crippen molar-refractivity contribution in [2.24, 2.45) is 34.0 Å². The predicted molar refractivity (Wildman–Crippen MR) is 177 cm³/mol. The van der Waals surface area contributed by atoms with Crippen LogP contribution in [0.3, 0.4) is 0 Å². The van der Waals surface area contributed by atoms with Gasteiger partial charge in [-0.3, -0.25) is 9.59 Å². The molecule has 0 amide bonds. The molecule has 240 valence electrons. The van der Waals surface area contributed by atoms with E-state index >= 15 is 0 Å². The maximum atomic E-state index is 13.6. The zero-order valence-corrected chi connectivity index (χ0v) is 28.4. The smallest absolute Gasteiger partial charge is 0.316 e. The maximum absolute atomic E-state index is 13.6. The highest BCUT2D eigenvalue weighted by Crippen LogP contribution is 2.68. The first kappa shape index (κ1) is 32.0. The number of hydrogen-bond donors (Lipinski definition) is 2. The summed E-state index contributed by atoms with van der Waals surface area (Å²) in [6.07, 6.45) is 8.34. The molecular weight excluding hydrogens is 582 g/mol. The summed E-state index contributed by atoms with van der Waals surface area (Å²) in [5.41, 5.74) is 4.03. The molecule has 45 heavy (non-hydrogen) atoms. The zero-order valence-electron chi connectivity index (χ0n) is 27.6. The molecule has 3 aliphatic carbocycles. The van der Waals surface area contributed by atoms with Crippen molar-refractivity contribution in [1.82, 2.24) is 9.97 Å². The topological polar surface area (TPSA) is 96.2 Å². The zero-order chi connectivity index (χ0) is 32.3. The van der Waals surface area contributed by atoms with E-state index in [9.17, 15) is 14.7 Å². The molecule has 2 aromatic heterocycles. The van der Waals surface area contributed by atoms with Crippen molar-refractivity contribution in [3.05, 3.63) is 66.0 Å². The van der Waals surface area contributed by atoms with Crippen LogP contribution in [0, 0.1) is 47.8 Å². The van der Waals surface area contributed by atoms with Crippen molar-refractivity contribution >= 4 is 34.5 Å². The number of thioether (sulfide) groups is 1. The summed E-state index contributed by atoms with van der Waals surface area (Å²) in [6, 6.07) is 8.58. The van der Waals surface area contributed by atoms with Gasteiger partial charge < -0.3 is 14.8 Å². The van der Waals surface area contributed by atoms with E-state index in [0.29, 0.717) is 18.0 Å². The highest BCUT2D eigenvalue weighted by atomic mass is 32.2. The number of ether oxygens (including phenoxy) is 1. The number of pyridine rings is 1. The number of aliphatic hydroxyl groups excluding tert-OH is 1. The molecule has 8 heteroatoms. The Kier molecular flexibility index (Phi) is 8.30. The summed E-state index contributed by atoms with van der Waals surface area (Å²) in [7, 11) is 0. The number of aromatic nitrogens is 3. The molecule has 0 radical (unpaired) electrons. The molecule has 6 rings (SSSR count). The number of imidazole rings is 1. The maximum Gasteiger partial charge on any atom is 0.316 e. The number of benzene rings is 1. The molecule has 0 spiro atoms. The van der Waals surface area contributed by atoms with E-state index in [1.54, 1.807) is 0 Å². The second-order valence-corrected chi connectivity index (χ2v) is 15.8. The minimum absolute atomic E-state index is 0.0522. The van der Waals surface area contributed by atoms with Crippen LogP contribution in [-0.2, 0) is 20.9 Å². The average molecular weight is 631 g/mol. The Labute approximate surface area is 271 Å². The van der Waals surface area contributed by atoms with Crippen LogP contribution < -0.4 is 4.57 Å². The van der Waals surface area contributed by atoms with Gasteiger partial charge in [0.1, 0.15) is 22.9 Å². The van der Waals surface area contributed by atoms with Crippen LogP contribution in [0.15, 0.2) is 54.5 Å². The van der Waals surface area contributed by atoms with E-state index in [1.165, 1.54) is 28.5 Å². The average Bonchev–Trinajstić information content (AvgIpc) is 3.57. The third-order valence-electron chi connectivity index (χ3n) is 12.0. The molecule has 2 N–H and O–H groups in total. The van der Waals surface area contributed by atoms with Crippen molar-refractivity contribution in [1.29, 1.82) is 0 Å². The second-order valence-electron chi connectivity index (χ2n) is 14.8. The Morgan fingerprint density at radius 1 is 1.22 bits per heavy atom. The van der Waals surface area contributed by atoms with Crippen LogP contribution in [0.2, 0.25) is 0 Å². The number of H-pyrrole nitrogens is 1. The minimum Gasteiger partial charge on any atom is -0.461 e. The summed E-state index contributed by atoms with van der Waals surface area (Å²) in [5, 5.41) is 12.4. The fourth-order valence-corrected chi connectivity index (χ4v) is 10.0. The number of nitrogens with zero attached hydrogens (tertiary/aromatic N) is 2. The first-order valence-electron chi connectivity index (χ1n) is 16.4. The standard InChI is InChI=1S/C37H47N3O4S/c1-8-35(6)18-30(36(7)24(4)9-12-37(25(5)33(35)43)13-10-29(41)32(36)37)44-31(42)21-45-34-38-27-11-14-40(20-28(27)39-34)19-26-16-22(2)15-23(3)17-26/h8,11,14-17,20,24-25,30,32-33,43H,1,9-10,12-13,18-19,21H2,2-7H3/p+1/t24-,25+,30-,32+,33+,35-,36+,37+/m1/s1. The van der Waals surface area contributed by atoms with E-state index in [0.717, 1.165) is 36.8 Å². The lowest BCUT2D eigenvalue weighted by Gasteiger charge is -2.61. The Bertz CT molecular complexity index is 1630. The van der Waals surface area contributed by atoms with Gasteiger partial charge in [0, 0.05) is 34.8 Å². The molecule has 0 saturated heterocycles. The fraction of sp³-hybridized carbons (Fsp3) is 0.568. The van der Waals surface area contributed by atoms with Crippen LogP contribution in [0.4, 0.5) is 0 Å². The van der Waals surface area contributed by atoms with Crippen molar-refractivity contribution in [2.45, 2.75) is 97.6 Å². The molecule has 3 aromatic rings. The summed E-state index contributed by atoms with van der Waals surface area (Å²) in [4.78, 5) is 35.3. The molecule has 7 nitrogen and oxygen atoms in total. The number of carbonyl (C=O) groups is 2. The lowest BCUT2D eigenvalue weighted by atomic mass is 9.44. The molecular formula is C37H48N3O4S+. The van der Waals surface area contributed by atoms with E-state index in [-0.39, 0.29) is 40.7 Å². The summed E-state index contributed by atoms with van der Waals surface area (Å²) in [5.74, 6) is -0.0626. The highest BCUT2D eigenvalue weighted by Gasteiger charge is 2.68. The Balaban J connectivity index is 1.21.